The molecule has 0 amide bonds. The summed E-state index contributed by atoms with van der Waals surface area (Å²) in [5, 5.41) is 0. The normalized spacial score (nSPS) is 10.6. The van der Waals surface area contributed by atoms with Crippen LogP contribution < -0.4 is 4.74 Å². The smallest absolute Gasteiger partial charge is 0.127 e. The van der Waals surface area contributed by atoms with Crippen molar-refractivity contribution in [3.63, 3.8) is 0 Å². The Hall–Kier alpha value is -2.09. The Balaban J connectivity index is 2.11. The number of nitrogens with zero attached hydrogens (tertiary/aromatic N) is 1. The Morgan fingerprint density at radius 2 is 1.50 bits per heavy atom. The molecule has 0 saturated heterocycles. The Bertz CT molecular complexity index is 460. The Morgan fingerprint density at radius 3 is 2.12 bits per heavy atom. The van der Waals surface area contributed by atoms with E-state index in [0.29, 0.717) is 0 Å². The van der Waals surface area contributed by atoms with Crippen molar-refractivity contribution in [1.82, 2.24) is 0 Å². The molecule has 0 bridgehead atoms. The lowest BCUT2D eigenvalue weighted by molar-refractivity contribution is 0.482. The minimum Gasteiger partial charge on any atom is -0.457 e. The zero-order chi connectivity index (χ0) is 11.2. The van der Waals surface area contributed by atoms with E-state index in [1.807, 2.05) is 60.8 Å². The highest BCUT2D eigenvalue weighted by Crippen LogP contribution is 2.20. The summed E-state index contributed by atoms with van der Waals surface area (Å²) < 4.78 is 5.67. The molecule has 16 heavy (non-hydrogen) atoms. The van der Waals surface area contributed by atoms with Crippen molar-refractivity contribution in [1.29, 1.82) is 0 Å². The molecule has 2 heteroatoms. The Labute approximate surface area is 95.2 Å². The van der Waals surface area contributed by atoms with Gasteiger partial charge in [0.2, 0.25) is 0 Å². The molecule has 2 aromatic carbocycles. The van der Waals surface area contributed by atoms with Gasteiger partial charge in [0.15, 0.2) is 0 Å². The SMILES string of the molecule is CN=Cc1ccc(Oc2ccccc2)cc1. The molecule has 0 heterocycles. The first-order chi connectivity index (χ1) is 7.88. The highest BCUT2D eigenvalue weighted by molar-refractivity contribution is 5.79. The van der Waals surface area contributed by atoms with Crippen LogP contribution in [0.5, 0.6) is 11.5 Å². The molecule has 2 nitrogen and oxygen atoms in total. The standard InChI is InChI=1S/C14H13NO/c1-15-11-12-7-9-14(10-8-12)16-13-5-3-2-4-6-13/h2-11H,1H3. The maximum Gasteiger partial charge on any atom is 0.127 e. The summed E-state index contributed by atoms with van der Waals surface area (Å²) in [4.78, 5) is 3.95. The summed E-state index contributed by atoms with van der Waals surface area (Å²) in [5.41, 5.74) is 1.07. The predicted molar refractivity (Wildman–Crippen MR) is 66.5 cm³/mol. The van der Waals surface area contributed by atoms with E-state index in [1.165, 1.54) is 0 Å². The lowest BCUT2D eigenvalue weighted by Gasteiger charge is -2.04. The van der Waals surface area contributed by atoms with Crippen molar-refractivity contribution in [2.24, 2.45) is 4.99 Å². The third-order valence-corrected chi connectivity index (χ3v) is 2.14. The molecule has 2 rings (SSSR count). The molecule has 0 aliphatic rings. The Morgan fingerprint density at radius 1 is 0.875 bits per heavy atom. The van der Waals surface area contributed by atoms with E-state index >= 15 is 0 Å². The van der Waals surface area contributed by atoms with Crippen LogP contribution in [0, 0.1) is 0 Å². The number of para-hydroxylation sites is 1. The van der Waals surface area contributed by atoms with Crippen molar-refractivity contribution >= 4 is 6.21 Å². The number of benzene rings is 2. The molecule has 0 unspecified atom stereocenters. The average molecular weight is 211 g/mol. The second kappa shape index (κ2) is 5.12. The van der Waals surface area contributed by atoms with Gasteiger partial charge in [0.25, 0.3) is 0 Å². The van der Waals surface area contributed by atoms with Crippen LogP contribution in [0.3, 0.4) is 0 Å². The van der Waals surface area contributed by atoms with Crippen LogP contribution in [0.4, 0.5) is 0 Å². The molecule has 0 spiro atoms. The van der Waals surface area contributed by atoms with Gasteiger partial charge in [-0.05, 0) is 42.0 Å². The molecular weight excluding hydrogens is 198 g/mol. The highest BCUT2D eigenvalue weighted by atomic mass is 16.5. The molecule has 0 radical (unpaired) electrons. The molecule has 0 aliphatic heterocycles. The lowest BCUT2D eigenvalue weighted by Crippen LogP contribution is -1.85. The zero-order valence-electron chi connectivity index (χ0n) is 9.13. The summed E-state index contributed by atoms with van der Waals surface area (Å²) in [6.07, 6.45) is 1.81. The monoisotopic (exact) mass is 211 g/mol. The fourth-order valence-corrected chi connectivity index (χ4v) is 1.40. The number of hydrogen-bond donors (Lipinski definition) is 0. The van der Waals surface area contributed by atoms with E-state index in [0.717, 1.165) is 17.1 Å². The van der Waals surface area contributed by atoms with Gasteiger partial charge < -0.3 is 4.74 Å². The quantitative estimate of drug-likeness (QED) is 0.712. The van der Waals surface area contributed by atoms with E-state index in [1.54, 1.807) is 7.05 Å². The molecule has 0 aliphatic carbocycles. The molecule has 0 saturated carbocycles. The second-order valence-corrected chi connectivity index (χ2v) is 3.37. The minimum absolute atomic E-state index is 0.833. The van der Waals surface area contributed by atoms with Gasteiger partial charge in [0.05, 0.1) is 0 Å². The van der Waals surface area contributed by atoms with E-state index in [2.05, 4.69) is 4.99 Å². The van der Waals surface area contributed by atoms with Crippen molar-refractivity contribution in [2.45, 2.75) is 0 Å². The number of hydrogen-bond acceptors (Lipinski definition) is 2. The topological polar surface area (TPSA) is 21.6 Å². The third-order valence-electron chi connectivity index (χ3n) is 2.14. The van der Waals surface area contributed by atoms with Crippen LogP contribution in [-0.4, -0.2) is 13.3 Å². The molecule has 0 fully saturated rings. The summed E-state index contributed by atoms with van der Waals surface area (Å²) in [6, 6.07) is 17.6. The van der Waals surface area contributed by atoms with E-state index in [-0.39, 0.29) is 0 Å². The number of aliphatic imine (C=N–C) groups is 1. The third kappa shape index (κ3) is 2.70. The fourth-order valence-electron chi connectivity index (χ4n) is 1.40. The maximum absolute atomic E-state index is 5.67. The van der Waals surface area contributed by atoms with Gasteiger partial charge in [-0.15, -0.1) is 0 Å². The lowest BCUT2D eigenvalue weighted by atomic mass is 10.2. The summed E-state index contributed by atoms with van der Waals surface area (Å²) in [7, 11) is 1.76. The van der Waals surface area contributed by atoms with Gasteiger partial charge in [-0.3, -0.25) is 4.99 Å². The van der Waals surface area contributed by atoms with Gasteiger partial charge in [0, 0.05) is 13.3 Å². The van der Waals surface area contributed by atoms with Crippen LogP contribution in [0.25, 0.3) is 0 Å². The van der Waals surface area contributed by atoms with Crippen molar-refractivity contribution < 1.29 is 4.74 Å². The van der Waals surface area contributed by atoms with Crippen molar-refractivity contribution in [3.8, 4) is 11.5 Å². The first-order valence-corrected chi connectivity index (χ1v) is 5.13. The van der Waals surface area contributed by atoms with Gasteiger partial charge in [-0.2, -0.15) is 0 Å². The van der Waals surface area contributed by atoms with E-state index < -0.39 is 0 Å². The summed E-state index contributed by atoms with van der Waals surface area (Å²) >= 11 is 0. The predicted octanol–water partition coefficient (Wildman–Crippen LogP) is 3.53. The summed E-state index contributed by atoms with van der Waals surface area (Å²) in [5.74, 6) is 1.68. The summed E-state index contributed by atoms with van der Waals surface area (Å²) in [6.45, 7) is 0. The van der Waals surface area contributed by atoms with Gasteiger partial charge in [0.1, 0.15) is 11.5 Å². The van der Waals surface area contributed by atoms with Crippen LogP contribution in [0.2, 0.25) is 0 Å². The van der Waals surface area contributed by atoms with E-state index in [4.69, 9.17) is 4.74 Å². The van der Waals surface area contributed by atoms with Crippen LogP contribution >= 0.6 is 0 Å². The minimum atomic E-state index is 0.833. The maximum atomic E-state index is 5.67. The van der Waals surface area contributed by atoms with E-state index in [9.17, 15) is 0 Å². The Kier molecular flexibility index (Phi) is 3.34. The molecule has 80 valence electrons. The highest BCUT2D eigenvalue weighted by Gasteiger charge is 1.95. The molecular formula is C14H13NO. The molecule has 0 aromatic heterocycles. The van der Waals surface area contributed by atoms with Gasteiger partial charge in [-0.1, -0.05) is 18.2 Å². The molecule has 2 aromatic rings. The van der Waals surface area contributed by atoms with Gasteiger partial charge in [-0.25, -0.2) is 0 Å². The zero-order valence-corrected chi connectivity index (χ0v) is 9.13. The number of rotatable bonds is 3. The molecule has 0 atom stereocenters. The van der Waals surface area contributed by atoms with Crippen molar-refractivity contribution in [2.75, 3.05) is 7.05 Å². The van der Waals surface area contributed by atoms with Gasteiger partial charge >= 0.3 is 0 Å². The number of ether oxygens (including phenoxy) is 1. The first kappa shape index (κ1) is 10.4. The first-order valence-electron chi connectivity index (χ1n) is 5.13. The average Bonchev–Trinajstić information content (AvgIpc) is 2.33. The van der Waals surface area contributed by atoms with Crippen LogP contribution in [0.1, 0.15) is 5.56 Å². The van der Waals surface area contributed by atoms with Crippen LogP contribution in [0.15, 0.2) is 59.6 Å². The van der Waals surface area contributed by atoms with Crippen molar-refractivity contribution in [3.05, 3.63) is 60.2 Å². The van der Waals surface area contributed by atoms with Crippen LogP contribution in [-0.2, 0) is 0 Å². The fraction of sp³-hybridized carbons (Fsp3) is 0.0714. The largest absolute Gasteiger partial charge is 0.457 e. The molecule has 0 N–H and O–H groups in total. The second-order valence-electron chi connectivity index (χ2n) is 3.37.